The standard InChI is InChI=1S/C33H46N4O3/c38-31(35-24-27-11-13-28(14-12-27)25-36-19-6-1-7-20-36)26-37-21-16-33(17-22-37)15-5-4-9-29-8-2-3-10-30(29)40-23-18-34-32(33)39/h2-3,8,10-14H,1,4-7,9,15-26H2,(H,34,39)(H,35,38). The number of benzene rings is 2. The van der Waals surface area contributed by atoms with Gasteiger partial charge in [-0.05, 0) is 93.9 Å². The Hall–Kier alpha value is -2.90. The van der Waals surface area contributed by atoms with Crippen molar-refractivity contribution in [1.29, 1.82) is 0 Å². The second-order valence-corrected chi connectivity index (χ2v) is 11.9. The fourth-order valence-electron chi connectivity index (χ4n) is 6.47. The first-order chi connectivity index (χ1) is 19.6. The van der Waals surface area contributed by atoms with Crippen LogP contribution in [0.4, 0.5) is 0 Å². The molecule has 7 heteroatoms. The molecule has 1 spiro atoms. The molecule has 3 heterocycles. The van der Waals surface area contributed by atoms with Crippen LogP contribution in [0.1, 0.15) is 68.1 Å². The highest BCUT2D eigenvalue weighted by Gasteiger charge is 2.40. The third kappa shape index (κ3) is 7.85. The van der Waals surface area contributed by atoms with Crippen LogP contribution in [0.25, 0.3) is 0 Å². The summed E-state index contributed by atoms with van der Waals surface area (Å²) in [4.78, 5) is 30.8. The Morgan fingerprint density at radius 2 is 1.60 bits per heavy atom. The quantitative estimate of drug-likeness (QED) is 0.566. The molecule has 2 aromatic carbocycles. The van der Waals surface area contributed by atoms with Crippen molar-refractivity contribution >= 4 is 11.8 Å². The zero-order chi connectivity index (χ0) is 27.6. The number of amides is 2. The highest BCUT2D eigenvalue weighted by atomic mass is 16.5. The predicted molar refractivity (Wildman–Crippen MR) is 158 cm³/mol. The molecule has 3 aliphatic rings. The SMILES string of the molecule is O=C(CN1CCC2(CCCCc3ccccc3OCCNC2=O)CC1)NCc1ccc(CN2CCCCC2)cc1. The Bertz CT molecular complexity index is 1100. The van der Waals surface area contributed by atoms with Crippen molar-refractivity contribution in [3.8, 4) is 5.75 Å². The number of likely N-dealkylation sites (tertiary alicyclic amines) is 2. The Kier molecular flexibility index (Phi) is 10.1. The normalized spacial score (nSPS) is 20.9. The van der Waals surface area contributed by atoms with Crippen molar-refractivity contribution in [3.63, 3.8) is 0 Å². The number of hydrogen-bond donors (Lipinski definition) is 2. The van der Waals surface area contributed by atoms with Crippen molar-refractivity contribution in [3.05, 3.63) is 65.2 Å². The van der Waals surface area contributed by atoms with Crippen LogP contribution < -0.4 is 15.4 Å². The fourth-order valence-corrected chi connectivity index (χ4v) is 6.47. The lowest BCUT2D eigenvalue weighted by atomic mass is 9.73. The molecule has 2 saturated heterocycles. The smallest absolute Gasteiger partial charge is 0.234 e. The van der Waals surface area contributed by atoms with Crippen LogP contribution >= 0.6 is 0 Å². The Morgan fingerprint density at radius 3 is 2.40 bits per heavy atom. The molecule has 40 heavy (non-hydrogen) atoms. The number of rotatable bonds is 6. The van der Waals surface area contributed by atoms with Gasteiger partial charge in [0.05, 0.1) is 18.5 Å². The van der Waals surface area contributed by atoms with Gasteiger partial charge in [-0.15, -0.1) is 0 Å². The van der Waals surface area contributed by atoms with Gasteiger partial charge in [-0.1, -0.05) is 55.3 Å². The highest BCUT2D eigenvalue weighted by molar-refractivity contribution is 5.83. The van der Waals surface area contributed by atoms with E-state index in [1.807, 2.05) is 12.1 Å². The fraction of sp³-hybridized carbons (Fsp3) is 0.576. The first kappa shape index (κ1) is 28.6. The lowest BCUT2D eigenvalue weighted by Crippen LogP contribution is -2.51. The third-order valence-corrected chi connectivity index (χ3v) is 9.00. The van der Waals surface area contributed by atoms with E-state index in [-0.39, 0.29) is 17.2 Å². The molecule has 0 saturated carbocycles. The maximum atomic E-state index is 13.3. The number of piperidine rings is 2. The summed E-state index contributed by atoms with van der Waals surface area (Å²) in [6.07, 6.45) is 9.48. The molecule has 3 aliphatic heterocycles. The zero-order valence-electron chi connectivity index (χ0n) is 24.0. The topological polar surface area (TPSA) is 73.9 Å². The summed E-state index contributed by atoms with van der Waals surface area (Å²) in [6.45, 7) is 6.88. The average Bonchev–Trinajstić information content (AvgIpc) is 2.98. The molecule has 0 bridgehead atoms. The van der Waals surface area contributed by atoms with Gasteiger partial charge >= 0.3 is 0 Å². The van der Waals surface area contributed by atoms with Gasteiger partial charge in [0.25, 0.3) is 0 Å². The Labute approximate surface area is 239 Å². The summed E-state index contributed by atoms with van der Waals surface area (Å²) in [7, 11) is 0. The van der Waals surface area contributed by atoms with Crippen LogP contribution in [0, 0.1) is 5.41 Å². The van der Waals surface area contributed by atoms with Gasteiger partial charge < -0.3 is 15.4 Å². The summed E-state index contributed by atoms with van der Waals surface area (Å²) >= 11 is 0. The molecular formula is C33H46N4O3. The number of ether oxygens (including phenoxy) is 1. The molecule has 7 nitrogen and oxygen atoms in total. The minimum atomic E-state index is -0.346. The van der Waals surface area contributed by atoms with E-state index in [1.165, 1.54) is 43.5 Å². The minimum Gasteiger partial charge on any atom is -0.491 e. The number of para-hydroxylation sites is 1. The summed E-state index contributed by atoms with van der Waals surface area (Å²) in [5, 5.41) is 6.25. The first-order valence-electron chi connectivity index (χ1n) is 15.4. The van der Waals surface area contributed by atoms with Crippen molar-refractivity contribution in [2.45, 2.75) is 70.9 Å². The number of aryl methyl sites for hydroxylation is 1. The summed E-state index contributed by atoms with van der Waals surface area (Å²) in [5.41, 5.74) is 3.37. The van der Waals surface area contributed by atoms with Crippen LogP contribution in [0.15, 0.2) is 48.5 Å². The van der Waals surface area contributed by atoms with Gasteiger partial charge in [-0.3, -0.25) is 19.4 Å². The summed E-state index contributed by atoms with van der Waals surface area (Å²) in [5.74, 6) is 1.13. The summed E-state index contributed by atoms with van der Waals surface area (Å²) < 4.78 is 5.97. The van der Waals surface area contributed by atoms with Gasteiger partial charge in [0, 0.05) is 13.1 Å². The minimum absolute atomic E-state index is 0.0484. The van der Waals surface area contributed by atoms with Gasteiger partial charge in [0.15, 0.2) is 0 Å². The lowest BCUT2D eigenvalue weighted by Gasteiger charge is -2.40. The van der Waals surface area contributed by atoms with E-state index in [9.17, 15) is 9.59 Å². The van der Waals surface area contributed by atoms with Gasteiger partial charge in [0.1, 0.15) is 12.4 Å². The number of hydrogen-bond acceptors (Lipinski definition) is 5. The van der Waals surface area contributed by atoms with E-state index in [4.69, 9.17) is 4.74 Å². The maximum Gasteiger partial charge on any atom is 0.234 e. The van der Waals surface area contributed by atoms with E-state index in [2.05, 4.69) is 56.8 Å². The monoisotopic (exact) mass is 546 g/mol. The number of carbonyl (C=O) groups is 2. The van der Waals surface area contributed by atoms with E-state index >= 15 is 0 Å². The van der Waals surface area contributed by atoms with E-state index in [0.29, 0.717) is 26.2 Å². The van der Waals surface area contributed by atoms with Gasteiger partial charge in [-0.25, -0.2) is 0 Å². The van der Waals surface area contributed by atoms with E-state index in [1.54, 1.807) is 0 Å². The summed E-state index contributed by atoms with van der Waals surface area (Å²) in [6, 6.07) is 16.9. The van der Waals surface area contributed by atoms with E-state index in [0.717, 1.165) is 69.5 Å². The third-order valence-electron chi connectivity index (χ3n) is 9.00. The largest absolute Gasteiger partial charge is 0.491 e. The van der Waals surface area contributed by atoms with Crippen LogP contribution in [-0.4, -0.2) is 67.5 Å². The van der Waals surface area contributed by atoms with Crippen molar-refractivity contribution in [2.24, 2.45) is 5.41 Å². The number of nitrogens with zero attached hydrogens (tertiary/aromatic N) is 2. The molecule has 216 valence electrons. The first-order valence-corrected chi connectivity index (χ1v) is 15.4. The second-order valence-electron chi connectivity index (χ2n) is 11.9. The molecule has 2 N–H and O–H groups in total. The molecule has 0 radical (unpaired) electrons. The van der Waals surface area contributed by atoms with Crippen LogP contribution in [0.2, 0.25) is 0 Å². The zero-order valence-corrected chi connectivity index (χ0v) is 24.0. The number of carbonyl (C=O) groups excluding carboxylic acids is 2. The molecular weight excluding hydrogens is 500 g/mol. The van der Waals surface area contributed by atoms with Crippen molar-refractivity contribution in [2.75, 3.05) is 45.9 Å². The molecule has 2 amide bonds. The van der Waals surface area contributed by atoms with Crippen molar-refractivity contribution < 1.29 is 14.3 Å². The molecule has 0 aliphatic carbocycles. The molecule has 0 aromatic heterocycles. The Morgan fingerprint density at radius 1 is 0.850 bits per heavy atom. The van der Waals surface area contributed by atoms with Crippen LogP contribution in [0.3, 0.4) is 0 Å². The van der Waals surface area contributed by atoms with Crippen LogP contribution in [-0.2, 0) is 29.1 Å². The molecule has 0 atom stereocenters. The number of nitrogens with one attached hydrogen (secondary N) is 2. The second kappa shape index (κ2) is 14.1. The molecule has 0 unspecified atom stereocenters. The maximum absolute atomic E-state index is 13.3. The number of fused-ring (bicyclic) bond motifs is 1. The van der Waals surface area contributed by atoms with Gasteiger partial charge in [0.2, 0.25) is 11.8 Å². The Balaban J connectivity index is 1.06. The van der Waals surface area contributed by atoms with E-state index < -0.39 is 0 Å². The van der Waals surface area contributed by atoms with Crippen LogP contribution in [0.5, 0.6) is 5.75 Å². The molecule has 5 rings (SSSR count). The highest BCUT2D eigenvalue weighted by Crippen LogP contribution is 2.37. The molecule has 2 aromatic rings. The average molecular weight is 547 g/mol. The van der Waals surface area contributed by atoms with Gasteiger partial charge in [-0.2, -0.15) is 0 Å². The lowest BCUT2D eigenvalue weighted by molar-refractivity contribution is -0.135. The molecule has 2 fully saturated rings. The predicted octanol–water partition coefficient (Wildman–Crippen LogP) is 4.29. The van der Waals surface area contributed by atoms with Crippen molar-refractivity contribution in [1.82, 2.24) is 20.4 Å².